The van der Waals surface area contributed by atoms with Gasteiger partial charge in [0.15, 0.2) is 5.69 Å². The number of amides is 1. The lowest BCUT2D eigenvalue weighted by Gasteiger charge is -2.25. The van der Waals surface area contributed by atoms with Crippen LogP contribution in [0.3, 0.4) is 0 Å². The largest absolute Gasteiger partial charge is 0.476 e. The molecule has 110 valence electrons. The quantitative estimate of drug-likeness (QED) is 0.596. The van der Waals surface area contributed by atoms with Crippen molar-refractivity contribution in [3.63, 3.8) is 0 Å². The van der Waals surface area contributed by atoms with E-state index in [0.29, 0.717) is 26.3 Å². The molecule has 1 amide bonds. The molecule has 2 heterocycles. The minimum absolute atomic E-state index is 0.130. The van der Waals surface area contributed by atoms with Gasteiger partial charge in [-0.05, 0) is 6.92 Å². The predicted molar refractivity (Wildman–Crippen MR) is 66.9 cm³/mol. The number of rotatable bonds is 5. The second-order valence-electron chi connectivity index (χ2n) is 4.97. The summed E-state index contributed by atoms with van der Waals surface area (Å²) in [6.07, 6.45) is 1.31. The zero-order valence-corrected chi connectivity index (χ0v) is 11.1. The molecule has 0 spiro atoms. The fourth-order valence-electron chi connectivity index (χ4n) is 1.91. The third kappa shape index (κ3) is 2.78. The van der Waals surface area contributed by atoms with Gasteiger partial charge < -0.3 is 20.9 Å². The summed E-state index contributed by atoms with van der Waals surface area (Å²) < 4.78 is 6.57. The van der Waals surface area contributed by atoms with Gasteiger partial charge in [0, 0.05) is 12.6 Å². The molecule has 1 saturated heterocycles. The number of carboxylic acid groups (broad SMARTS) is 1. The van der Waals surface area contributed by atoms with Gasteiger partial charge in [-0.3, -0.25) is 4.79 Å². The van der Waals surface area contributed by atoms with Crippen LogP contribution in [0.2, 0.25) is 0 Å². The Bertz CT molecular complexity index is 517. The number of aromatic carboxylic acids is 1. The first-order valence-corrected chi connectivity index (χ1v) is 6.18. The molecule has 9 nitrogen and oxygen atoms in total. The molecule has 0 saturated carbocycles. The third-order valence-corrected chi connectivity index (χ3v) is 3.42. The number of nitrogens with two attached hydrogens (primary N) is 1. The van der Waals surface area contributed by atoms with E-state index in [-0.39, 0.29) is 17.6 Å². The van der Waals surface area contributed by atoms with Crippen LogP contribution in [0.1, 0.15) is 17.4 Å². The van der Waals surface area contributed by atoms with E-state index < -0.39 is 11.4 Å². The highest BCUT2D eigenvalue weighted by atomic mass is 16.5. The number of ether oxygens (including phenoxy) is 1. The summed E-state index contributed by atoms with van der Waals surface area (Å²) in [5, 5.41) is 18.6. The average molecular weight is 283 g/mol. The molecule has 1 aromatic rings. The second kappa shape index (κ2) is 5.55. The predicted octanol–water partition coefficient (Wildman–Crippen LogP) is -1.54. The number of aromatic nitrogens is 3. The molecule has 2 rings (SSSR count). The van der Waals surface area contributed by atoms with E-state index in [1.165, 1.54) is 10.9 Å². The van der Waals surface area contributed by atoms with Crippen LogP contribution in [0.25, 0.3) is 0 Å². The van der Waals surface area contributed by atoms with Gasteiger partial charge >= 0.3 is 5.97 Å². The molecule has 2 unspecified atom stereocenters. The van der Waals surface area contributed by atoms with Crippen LogP contribution in [0.15, 0.2) is 6.20 Å². The maximum atomic E-state index is 12.1. The monoisotopic (exact) mass is 283 g/mol. The molecular formula is C11H17N5O4. The highest BCUT2D eigenvalue weighted by Crippen LogP contribution is 2.26. The van der Waals surface area contributed by atoms with Crippen molar-refractivity contribution in [3.8, 4) is 0 Å². The number of hydrogen-bond donors (Lipinski definition) is 3. The molecule has 1 aromatic heterocycles. The maximum Gasteiger partial charge on any atom is 0.358 e. The first-order chi connectivity index (χ1) is 9.43. The molecule has 9 heteroatoms. The highest BCUT2D eigenvalue weighted by Gasteiger charge is 2.44. The van der Waals surface area contributed by atoms with Gasteiger partial charge in [-0.1, -0.05) is 5.21 Å². The molecule has 4 N–H and O–H groups in total. The fourth-order valence-corrected chi connectivity index (χ4v) is 1.91. The topological polar surface area (TPSA) is 132 Å². The van der Waals surface area contributed by atoms with E-state index >= 15 is 0 Å². The molecule has 1 aliphatic heterocycles. The Kier molecular flexibility index (Phi) is 4.00. The number of nitrogens with one attached hydrogen (secondary N) is 1. The summed E-state index contributed by atoms with van der Waals surface area (Å²) in [4.78, 5) is 22.7. The number of carboxylic acids is 1. The van der Waals surface area contributed by atoms with Gasteiger partial charge in [-0.25, -0.2) is 9.48 Å². The molecule has 0 aliphatic carbocycles. The summed E-state index contributed by atoms with van der Waals surface area (Å²) in [6, 6.07) is -0.326. The number of carbonyl (C=O) groups excluding carboxylic acids is 1. The normalized spacial score (nSPS) is 25.6. The van der Waals surface area contributed by atoms with Gasteiger partial charge in [0.25, 0.3) is 0 Å². The van der Waals surface area contributed by atoms with Gasteiger partial charge in [0.05, 0.1) is 31.4 Å². The lowest BCUT2D eigenvalue weighted by molar-refractivity contribution is -0.130. The van der Waals surface area contributed by atoms with Crippen molar-refractivity contribution in [2.75, 3.05) is 19.8 Å². The zero-order valence-electron chi connectivity index (χ0n) is 11.1. The summed E-state index contributed by atoms with van der Waals surface area (Å²) in [6.45, 7) is 3.07. The Morgan fingerprint density at radius 2 is 2.45 bits per heavy atom. The van der Waals surface area contributed by atoms with E-state index in [4.69, 9.17) is 15.6 Å². The molecule has 0 bridgehead atoms. The smallest absolute Gasteiger partial charge is 0.358 e. The Labute approximate surface area is 115 Å². The minimum Gasteiger partial charge on any atom is -0.476 e. The van der Waals surface area contributed by atoms with Gasteiger partial charge in [-0.15, -0.1) is 5.10 Å². The van der Waals surface area contributed by atoms with E-state index in [1.807, 2.05) is 0 Å². The van der Waals surface area contributed by atoms with Crippen LogP contribution in [0, 0.1) is 5.41 Å². The van der Waals surface area contributed by atoms with E-state index in [9.17, 15) is 9.59 Å². The zero-order chi connectivity index (χ0) is 14.8. The van der Waals surface area contributed by atoms with E-state index in [0.717, 1.165) is 0 Å². The molecule has 0 radical (unpaired) electrons. The Morgan fingerprint density at radius 3 is 3.00 bits per heavy atom. The second-order valence-corrected chi connectivity index (χ2v) is 4.97. The molecule has 1 aliphatic rings. The van der Waals surface area contributed by atoms with Crippen LogP contribution in [-0.4, -0.2) is 57.8 Å². The van der Waals surface area contributed by atoms with Crippen molar-refractivity contribution >= 4 is 11.9 Å². The summed E-state index contributed by atoms with van der Waals surface area (Å²) >= 11 is 0. The Hall–Kier alpha value is -2.00. The first kappa shape index (κ1) is 14.4. The fraction of sp³-hybridized carbons (Fsp3) is 0.636. The van der Waals surface area contributed by atoms with Crippen molar-refractivity contribution in [2.24, 2.45) is 11.1 Å². The number of nitrogens with zero attached hydrogens (tertiary/aromatic N) is 3. The van der Waals surface area contributed by atoms with E-state index in [2.05, 4.69) is 15.6 Å². The minimum atomic E-state index is -1.14. The highest BCUT2D eigenvalue weighted by molar-refractivity contribution is 5.84. The number of hydrogen-bond acceptors (Lipinski definition) is 6. The van der Waals surface area contributed by atoms with Crippen LogP contribution in [0.5, 0.6) is 0 Å². The Balaban J connectivity index is 1.83. The SMILES string of the molecule is CC1(C(=O)NCCn2cc(C(=O)O)nn2)COCC1N. The lowest BCUT2D eigenvalue weighted by Crippen LogP contribution is -2.50. The van der Waals surface area contributed by atoms with Gasteiger partial charge in [-0.2, -0.15) is 0 Å². The number of carbonyl (C=O) groups is 2. The van der Waals surface area contributed by atoms with Crippen molar-refractivity contribution in [2.45, 2.75) is 19.5 Å². The average Bonchev–Trinajstić information content (AvgIpc) is 2.98. The third-order valence-electron chi connectivity index (χ3n) is 3.42. The van der Waals surface area contributed by atoms with Crippen LogP contribution < -0.4 is 11.1 Å². The van der Waals surface area contributed by atoms with Gasteiger partial charge in [0.2, 0.25) is 5.91 Å². The van der Waals surface area contributed by atoms with Gasteiger partial charge in [0.1, 0.15) is 0 Å². The van der Waals surface area contributed by atoms with Crippen molar-refractivity contribution < 1.29 is 19.4 Å². The summed E-state index contributed by atoms with van der Waals surface area (Å²) in [7, 11) is 0. The molecule has 0 aromatic carbocycles. The standard InChI is InChI=1S/C11H17N5O4/c1-11(6-20-5-8(11)12)10(19)13-2-3-16-4-7(9(17)18)14-15-16/h4,8H,2-3,5-6,12H2,1H3,(H,13,19)(H,17,18). The van der Waals surface area contributed by atoms with E-state index in [1.54, 1.807) is 6.92 Å². The van der Waals surface area contributed by atoms with Crippen molar-refractivity contribution in [3.05, 3.63) is 11.9 Å². The molecule has 1 fully saturated rings. The molecule has 2 atom stereocenters. The Morgan fingerprint density at radius 1 is 1.70 bits per heavy atom. The van der Waals surface area contributed by atoms with Crippen LogP contribution >= 0.6 is 0 Å². The van der Waals surface area contributed by atoms with Crippen molar-refractivity contribution in [1.29, 1.82) is 0 Å². The molecular weight excluding hydrogens is 266 g/mol. The van der Waals surface area contributed by atoms with Crippen LogP contribution in [0.4, 0.5) is 0 Å². The van der Waals surface area contributed by atoms with Crippen LogP contribution in [-0.2, 0) is 16.1 Å². The first-order valence-electron chi connectivity index (χ1n) is 6.18. The molecule has 20 heavy (non-hydrogen) atoms. The maximum absolute atomic E-state index is 12.1. The lowest BCUT2D eigenvalue weighted by atomic mass is 9.85. The summed E-state index contributed by atoms with van der Waals surface area (Å²) in [5.74, 6) is -1.32. The van der Waals surface area contributed by atoms with Crippen molar-refractivity contribution in [1.82, 2.24) is 20.3 Å². The summed E-state index contributed by atoms with van der Waals surface area (Å²) in [5.41, 5.74) is 5.00.